The van der Waals surface area contributed by atoms with Crippen LogP contribution in [0.2, 0.25) is 5.02 Å². The molecule has 0 aliphatic rings. The molecule has 0 heterocycles. The van der Waals surface area contributed by atoms with Gasteiger partial charge < -0.3 is 20.3 Å². The van der Waals surface area contributed by atoms with Gasteiger partial charge in [-0.25, -0.2) is 4.79 Å². The summed E-state index contributed by atoms with van der Waals surface area (Å²) in [7, 11) is 0. The van der Waals surface area contributed by atoms with E-state index in [0.717, 1.165) is 18.4 Å². The van der Waals surface area contributed by atoms with Crippen molar-refractivity contribution < 1.29 is 19.1 Å². The predicted molar refractivity (Wildman–Crippen MR) is 152 cm³/mol. The Morgan fingerprint density at radius 3 is 2.30 bits per heavy atom. The van der Waals surface area contributed by atoms with Crippen molar-refractivity contribution in [1.29, 1.82) is 0 Å². The van der Waals surface area contributed by atoms with Gasteiger partial charge >= 0.3 is 6.09 Å². The molecule has 2 aromatic rings. The summed E-state index contributed by atoms with van der Waals surface area (Å²) in [5.41, 5.74) is 1.21. The molecule has 2 atom stereocenters. The minimum Gasteiger partial charge on any atom is -0.444 e. The summed E-state index contributed by atoms with van der Waals surface area (Å²) >= 11 is 10.7. The molecule has 202 valence electrons. The van der Waals surface area contributed by atoms with Crippen molar-refractivity contribution in [3.63, 3.8) is 0 Å². The number of benzene rings is 2. The summed E-state index contributed by atoms with van der Waals surface area (Å²) < 4.78 is 5.35. The molecule has 2 rings (SSSR count). The van der Waals surface area contributed by atoms with Gasteiger partial charge in [0.05, 0.1) is 10.7 Å². The Morgan fingerprint density at radius 2 is 1.73 bits per heavy atom. The number of alkyl carbamates (subject to hydrolysis) is 1. The molecule has 2 unspecified atom stereocenters. The lowest BCUT2D eigenvalue weighted by molar-refractivity contribution is -0.140. The normalized spacial score (nSPS) is 12.8. The van der Waals surface area contributed by atoms with Crippen molar-refractivity contribution in [2.45, 2.75) is 71.6 Å². The van der Waals surface area contributed by atoms with Gasteiger partial charge in [-0.3, -0.25) is 9.59 Å². The first-order chi connectivity index (χ1) is 17.5. The lowest BCUT2D eigenvalue weighted by Crippen LogP contribution is -2.53. The smallest absolute Gasteiger partial charge is 0.408 e. The Balaban J connectivity index is 2.47. The highest BCUT2D eigenvalue weighted by Crippen LogP contribution is 2.29. The van der Waals surface area contributed by atoms with Crippen LogP contribution in [0.4, 0.5) is 10.5 Å². The molecule has 7 nitrogen and oxygen atoms in total. The van der Waals surface area contributed by atoms with Crippen LogP contribution < -0.4 is 10.6 Å². The van der Waals surface area contributed by atoms with Gasteiger partial charge in [0, 0.05) is 12.3 Å². The number of para-hydroxylation sites is 1. The van der Waals surface area contributed by atoms with E-state index < -0.39 is 35.6 Å². The number of hydrogen-bond acceptors (Lipinski definition) is 5. The molecule has 0 spiro atoms. The number of hydrogen-bond donors (Lipinski definition) is 3. The first-order valence-corrected chi connectivity index (χ1v) is 13.5. The van der Waals surface area contributed by atoms with Crippen LogP contribution in [0, 0.1) is 6.92 Å². The molecular formula is C28H38ClN3O4S. The highest BCUT2D eigenvalue weighted by molar-refractivity contribution is 7.80. The standard InChI is InChI=1S/C28H38ClN3O4S/c1-6-7-11-17-32(26(34)22(18-37)30-27(35)36-28(3,4)5)24(20-14-9-8-10-15-20)25(33)31-23-19(2)13-12-16-21(23)29/h8-10,12-16,22,24,37H,6-7,11,17-18H2,1-5H3,(H,30,35)(H,31,33). The quantitative estimate of drug-likeness (QED) is 0.232. The van der Waals surface area contributed by atoms with Crippen molar-refractivity contribution in [2.75, 3.05) is 17.6 Å². The van der Waals surface area contributed by atoms with Gasteiger partial charge in [0.2, 0.25) is 5.91 Å². The van der Waals surface area contributed by atoms with E-state index >= 15 is 0 Å². The molecule has 0 aliphatic carbocycles. The van der Waals surface area contributed by atoms with E-state index in [1.165, 1.54) is 4.90 Å². The fourth-order valence-corrected chi connectivity index (χ4v) is 4.34. The van der Waals surface area contributed by atoms with Gasteiger partial charge in [0.1, 0.15) is 17.7 Å². The average molecular weight is 548 g/mol. The van der Waals surface area contributed by atoms with E-state index in [4.69, 9.17) is 16.3 Å². The van der Waals surface area contributed by atoms with Crippen molar-refractivity contribution >= 4 is 47.8 Å². The SMILES string of the molecule is CCCCCN(C(=O)C(CS)NC(=O)OC(C)(C)C)C(C(=O)Nc1c(C)cccc1Cl)c1ccccc1. The van der Waals surface area contributed by atoms with Crippen molar-refractivity contribution in [3.8, 4) is 0 Å². The van der Waals surface area contributed by atoms with Crippen LogP contribution >= 0.6 is 24.2 Å². The number of amides is 3. The lowest BCUT2D eigenvalue weighted by atomic mass is 10.0. The Labute approximate surface area is 230 Å². The molecule has 3 amide bonds. The highest BCUT2D eigenvalue weighted by Gasteiger charge is 2.36. The number of anilines is 1. The number of ether oxygens (including phenoxy) is 1. The Hall–Kier alpha value is -2.71. The molecular weight excluding hydrogens is 510 g/mol. The third kappa shape index (κ3) is 9.27. The third-order valence-corrected chi connectivity index (χ3v) is 6.28. The van der Waals surface area contributed by atoms with Crippen molar-refractivity contribution in [2.24, 2.45) is 0 Å². The molecule has 0 aliphatic heterocycles. The Morgan fingerprint density at radius 1 is 1.05 bits per heavy atom. The van der Waals surface area contributed by atoms with Gasteiger partial charge in [-0.05, 0) is 51.3 Å². The largest absolute Gasteiger partial charge is 0.444 e. The maximum atomic E-state index is 13.9. The zero-order valence-electron chi connectivity index (χ0n) is 22.2. The highest BCUT2D eigenvalue weighted by atomic mass is 35.5. The second-order valence-electron chi connectivity index (χ2n) is 9.85. The molecule has 37 heavy (non-hydrogen) atoms. The van der Waals surface area contributed by atoms with Crippen molar-refractivity contribution in [1.82, 2.24) is 10.2 Å². The second kappa shape index (κ2) is 14.3. The van der Waals surface area contributed by atoms with Crippen LogP contribution in [0.3, 0.4) is 0 Å². The zero-order chi connectivity index (χ0) is 27.6. The number of carbonyl (C=O) groups excluding carboxylic acids is 3. The minimum absolute atomic E-state index is 0.0368. The topological polar surface area (TPSA) is 87.7 Å². The predicted octanol–water partition coefficient (Wildman–Crippen LogP) is 6.17. The summed E-state index contributed by atoms with van der Waals surface area (Å²) in [6.07, 6.45) is 1.78. The summed E-state index contributed by atoms with van der Waals surface area (Å²) in [5, 5.41) is 5.97. The fourth-order valence-electron chi connectivity index (χ4n) is 3.82. The number of rotatable bonds is 11. The summed E-state index contributed by atoms with van der Waals surface area (Å²) in [6.45, 7) is 9.47. The summed E-state index contributed by atoms with van der Waals surface area (Å²) in [5.74, 6) is -0.783. The minimum atomic E-state index is -0.985. The Kier molecular flexibility index (Phi) is 11.8. The van der Waals surface area contributed by atoms with Gasteiger partial charge in [-0.15, -0.1) is 0 Å². The van der Waals surface area contributed by atoms with E-state index in [1.807, 2.05) is 37.3 Å². The number of aryl methyl sites for hydroxylation is 1. The molecule has 9 heteroatoms. The van der Waals surface area contributed by atoms with Crippen LogP contribution in [0.5, 0.6) is 0 Å². The zero-order valence-corrected chi connectivity index (χ0v) is 23.9. The number of nitrogens with zero attached hydrogens (tertiary/aromatic N) is 1. The second-order valence-corrected chi connectivity index (χ2v) is 10.6. The van der Waals surface area contributed by atoms with Gasteiger partial charge in [-0.2, -0.15) is 12.6 Å². The molecule has 0 radical (unpaired) electrons. The number of nitrogens with one attached hydrogen (secondary N) is 2. The Bertz CT molecular complexity index is 1040. The third-order valence-electron chi connectivity index (χ3n) is 5.60. The fraction of sp³-hybridized carbons (Fsp3) is 0.464. The number of thiol groups is 1. The maximum Gasteiger partial charge on any atom is 0.408 e. The van der Waals surface area contributed by atoms with E-state index in [0.29, 0.717) is 29.2 Å². The summed E-state index contributed by atoms with van der Waals surface area (Å²) in [6, 6.07) is 12.5. The molecule has 2 aromatic carbocycles. The van der Waals surface area contributed by atoms with E-state index in [2.05, 4.69) is 30.2 Å². The first-order valence-electron chi connectivity index (χ1n) is 12.5. The van der Waals surface area contributed by atoms with E-state index in [-0.39, 0.29) is 5.75 Å². The summed E-state index contributed by atoms with van der Waals surface area (Å²) in [4.78, 5) is 41.7. The van der Waals surface area contributed by atoms with Crippen LogP contribution in [0.15, 0.2) is 48.5 Å². The number of halogens is 1. The molecule has 0 bridgehead atoms. The molecule has 0 saturated heterocycles. The molecule has 2 N–H and O–H groups in total. The van der Waals surface area contributed by atoms with Crippen LogP contribution in [0.1, 0.15) is 64.1 Å². The van der Waals surface area contributed by atoms with Crippen LogP contribution in [-0.4, -0.2) is 46.7 Å². The maximum absolute atomic E-state index is 13.9. The monoisotopic (exact) mass is 547 g/mol. The first kappa shape index (κ1) is 30.5. The molecule has 0 aromatic heterocycles. The van der Waals surface area contributed by atoms with Crippen molar-refractivity contribution in [3.05, 3.63) is 64.7 Å². The van der Waals surface area contributed by atoms with Crippen LogP contribution in [-0.2, 0) is 14.3 Å². The van der Waals surface area contributed by atoms with E-state index in [1.54, 1.807) is 39.0 Å². The lowest BCUT2D eigenvalue weighted by Gasteiger charge is -2.34. The van der Waals surface area contributed by atoms with E-state index in [9.17, 15) is 14.4 Å². The molecule has 0 saturated carbocycles. The average Bonchev–Trinajstić information content (AvgIpc) is 2.83. The number of unbranched alkanes of at least 4 members (excludes halogenated alkanes) is 2. The number of carbonyl (C=O) groups is 3. The van der Waals surface area contributed by atoms with Gasteiger partial charge in [0.15, 0.2) is 0 Å². The van der Waals surface area contributed by atoms with Crippen LogP contribution in [0.25, 0.3) is 0 Å². The molecule has 0 fully saturated rings. The van der Waals surface area contributed by atoms with Gasteiger partial charge in [-0.1, -0.05) is 73.8 Å². The van der Waals surface area contributed by atoms with Gasteiger partial charge in [0.25, 0.3) is 5.91 Å².